The van der Waals surface area contributed by atoms with Gasteiger partial charge >= 0.3 is 0 Å². The molecule has 0 bridgehead atoms. The van der Waals surface area contributed by atoms with Crippen LogP contribution in [-0.2, 0) is 0 Å². The first-order valence-electron chi connectivity index (χ1n) is 5.46. The quantitative estimate of drug-likeness (QED) is 0.640. The molecule has 0 saturated carbocycles. The number of nitrogens with one attached hydrogen (secondary N) is 3. The lowest BCUT2D eigenvalue weighted by Crippen LogP contribution is -2.12. The first-order chi connectivity index (χ1) is 9.28. The molecule has 3 aromatic rings. The monoisotopic (exact) mass is 252 g/mol. The first-order valence-corrected chi connectivity index (χ1v) is 5.46. The van der Waals surface area contributed by atoms with E-state index in [2.05, 4.69) is 25.5 Å². The third kappa shape index (κ3) is 1.91. The molecular formula is C12H8N6O. The number of H-pyrrole nitrogens is 2. The summed E-state index contributed by atoms with van der Waals surface area (Å²) < 4.78 is 0. The second-order valence-corrected chi connectivity index (χ2v) is 3.86. The van der Waals surface area contributed by atoms with E-state index >= 15 is 0 Å². The fourth-order valence-electron chi connectivity index (χ4n) is 1.73. The molecule has 0 unspecified atom stereocenters. The summed E-state index contributed by atoms with van der Waals surface area (Å²) in [6.45, 7) is 0. The molecule has 92 valence electrons. The lowest BCUT2D eigenvalue weighted by Gasteiger charge is -2.03. The van der Waals surface area contributed by atoms with Crippen LogP contribution in [-0.4, -0.2) is 26.1 Å². The number of nitriles is 1. The number of hydrogen-bond acceptors (Lipinski definition) is 4. The van der Waals surface area contributed by atoms with E-state index in [9.17, 15) is 4.79 Å². The molecule has 0 spiro atoms. The van der Waals surface area contributed by atoms with E-state index in [1.807, 2.05) is 6.07 Å². The van der Waals surface area contributed by atoms with Gasteiger partial charge in [-0.1, -0.05) is 0 Å². The van der Waals surface area contributed by atoms with Gasteiger partial charge in [0.05, 0.1) is 23.6 Å². The third-order valence-electron chi connectivity index (χ3n) is 2.68. The van der Waals surface area contributed by atoms with Gasteiger partial charge in [0, 0.05) is 5.56 Å². The normalized spacial score (nSPS) is 10.3. The molecule has 19 heavy (non-hydrogen) atoms. The zero-order valence-electron chi connectivity index (χ0n) is 9.64. The summed E-state index contributed by atoms with van der Waals surface area (Å²) in [6, 6.07) is 7.04. The van der Waals surface area contributed by atoms with Crippen LogP contribution >= 0.6 is 0 Å². The van der Waals surface area contributed by atoms with Crippen LogP contribution in [0.2, 0.25) is 0 Å². The van der Waals surface area contributed by atoms with Crippen molar-refractivity contribution >= 4 is 22.8 Å². The van der Waals surface area contributed by atoms with Crippen molar-refractivity contribution in [1.29, 1.82) is 5.26 Å². The number of rotatable bonds is 2. The van der Waals surface area contributed by atoms with Crippen molar-refractivity contribution in [2.45, 2.75) is 0 Å². The van der Waals surface area contributed by atoms with Crippen LogP contribution in [0.4, 0.5) is 5.82 Å². The molecule has 0 saturated heterocycles. The van der Waals surface area contributed by atoms with Crippen LogP contribution in [0.25, 0.3) is 11.0 Å². The molecule has 0 radical (unpaired) electrons. The zero-order valence-corrected chi connectivity index (χ0v) is 9.64. The van der Waals surface area contributed by atoms with Gasteiger partial charge in [0.15, 0.2) is 0 Å². The molecule has 0 aliphatic heterocycles. The van der Waals surface area contributed by atoms with Crippen molar-refractivity contribution in [1.82, 2.24) is 20.2 Å². The van der Waals surface area contributed by atoms with Crippen molar-refractivity contribution in [3.05, 3.63) is 41.9 Å². The van der Waals surface area contributed by atoms with Gasteiger partial charge in [-0.05, 0) is 18.2 Å². The minimum atomic E-state index is -0.322. The summed E-state index contributed by atoms with van der Waals surface area (Å²) in [7, 11) is 0. The Morgan fingerprint density at radius 3 is 3.16 bits per heavy atom. The molecule has 0 atom stereocenters. The van der Waals surface area contributed by atoms with Crippen molar-refractivity contribution in [2.75, 3.05) is 5.32 Å². The lowest BCUT2D eigenvalue weighted by atomic mass is 10.2. The van der Waals surface area contributed by atoms with Gasteiger partial charge in [-0.25, -0.2) is 4.98 Å². The first kappa shape index (κ1) is 11.0. The fourth-order valence-corrected chi connectivity index (χ4v) is 1.73. The van der Waals surface area contributed by atoms with Crippen LogP contribution in [0.5, 0.6) is 0 Å². The van der Waals surface area contributed by atoms with Crippen molar-refractivity contribution in [3.8, 4) is 6.07 Å². The van der Waals surface area contributed by atoms with Gasteiger partial charge in [-0.3, -0.25) is 9.89 Å². The number of carbonyl (C=O) groups is 1. The van der Waals surface area contributed by atoms with Gasteiger partial charge in [-0.2, -0.15) is 10.4 Å². The standard InChI is InChI=1S/C12H8N6O/c13-4-8-5-16-18-11(8)17-12(19)7-1-2-9-10(3-7)15-6-14-9/h1-3,5-6H,(H,14,15)(H2,16,17,18,19). The van der Waals surface area contributed by atoms with E-state index in [-0.39, 0.29) is 17.3 Å². The molecule has 2 heterocycles. The summed E-state index contributed by atoms with van der Waals surface area (Å²) in [4.78, 5) is 19.1. The van der Waals surface area contributed by atoms with E-state index in [4.69, 9.17) is 5.26 Å². The second-order valence-electron chi connectivity index (χ2n) is 3.86. The maximum Gasteiger partial charge on any atom is 0.256 e. The Morgan fingerprint density at radius 1 is 1.42 bits per heavy atom. The summed E-state index contributed by atoms with van der Waals surface area (Å²) in [6.07, 6.45) is 2.92. The van der Waals surface area contributed by atoms with E-state index in [1.165, 1.54) is 6.20 Å². The predicted molar refractivity (Wildman–Crippen MR) is 67.3 cm³/mol. The summed E-state index contributed by atoms with van der Waals surface area (Å²) >= 11 is 0. The molecule has 0 aliphatic rings. The highest BCUT2D eigenvalue weighted by molar-refractivity contribution is 6.05. The molecule has 7 nitrogen and oxygen atoms in total. The van der Waals surface area contributed by atoms with Gasteiger partial charge in [-0.15, -0.1) is 0 Å². The van der Waals surface area contributed by atoms with Crippen molar-refractivity contribution < 1.29 is 4.79 Å². The number of aromatic amines is 2. The Balaban J connectivity index is 1.89. The SMILES string of the molecule is N#Cc1cn[nH]c1NC(=O)c1ccc2nc[nH]c2c1. The molecule has 3 rings (SSSR count). The maximum atomic E-state index is 12.0. The maximum absolute atomic E-state index is 12.0. The molecule has 0 fully saturated rings. The molecule has 7 heteroatoms. The Bertz CT molecular complexity index is 794. The number of aromatic nitrogens is 4. The van der Waals surface area contributed by atoms with E-state index < -0.39 is 0 Å². The van der Waals surface area contributed by atoms with Gasteiger partial charge in [0.1, 0.15) is 17.5 Å². The van der Waals surface area contributed by atoms with Crippen LogP contribution in [0.1, 0.15) is 15.9 Å². The van der Waals surface area contributed by atoms with Crippen molar-refractivity contribution in [3.63, 3.8) is 0 Å². The number of imidazole rings is 1. The molecule has 2 aromatic heterocycles. The highest BCUT2D eigenvalue weighted by Crippen LogP contribution is 2.14. The third-order valence-corrected chi connectivity index (χ3v) is 2.68. The van der Waals surface area contributed by atoms with Crippen LogP contribution in [0.3, 0.4) is 0 Å². The zero-order chi connectivity index (χ0) is 13.2. The molecule has 0 aliphatic carbocycles. The van der Waals surface area contributed by atoms with E-state index in [0.29, 0.717) is 5.56 Å². The Morgan fingerprint density at radius 2 is 2.32 bits per heavy atom. The molecular weight excluding hydrogens is 244 g/mol. The second kappa shape index (κ2) is 4.27. The molecule has 3 N–H and O–H groups in total. The number of carbonyl (C=O) groups excluding carboxylic acids is 1. The number of benzene rings is 1. The minimum Gasteiger partial charge on any atom is -0.345 e. The number of anilines is 1. The summed E-state index contributed by atoms with van der Waals surface area (Å²) in [5, 5.41) is 17.7. The number of amides is 1. The van der Waals surface area contributed by atoms with Crippen LogP contribution in [0.15, 0.2) is 30.7 Å². The predicted octanol–water partition coefficient (Wildman–Crippen LogP) is 1.41. The van der Waals surface area contributed by atoms with Crippen LogP contribution < -0.4 is 5.32 Å². The number of nitrogens with zero attached hydrogens (tertiary/aromatic N) is 3. The lowest BCUT2D eigenvalue weighted by molar-refractivity contribution is 0.102. The van der Waals surface area contributed by atoms with Gasteiger partial charge in [0.25, 0.3) is 5.91 Å². The topological polar surface area (TPSA) is 110 Å². The molecule has 1 aromatic carbocycles. The fraction of sp³-hybridized carbons (Fsp3) is 0. The molecule has 1 amide bonds. The largest absolute Gasteiger partial charge is 0.345 e. The number of hydrogen-bond donors (Lipinski definition) is 3. The average molecular weight is 252 g/mol. The highest BCUT2D eigenvalue weighted by atomic mass is 16.1. The Labute approximate surface area is 107 Å². The Hall–Kier alpha value is -3.14. The smallest absolute Gasteiger partial charge is 0.256 e. The van der Waals surface area contributed by atoms with Crippen molar-refractivity contribution in [2.24, 2.45) is 0 Å². The summed E-state index contributed by atoms with van der Waals surface area (Å²) in [5.74, 6) is -0.0329. The Kier molecular flexibility index (Phi) is 2.47. The van der Waals surface area contributed by atoms with Crippen LogP contribution in [0, 0.1) is 11.3 Å². The van der Waals surface area contributed by atoms with E-state index in [1.54, 1.807) is 24.5 Å². The van der Waals surface area contributed by atoms with E-state index in [0.717, 1.165) is 11.0 Å². The average Bonchev–Trinajstić information content (AvgIpc) is 3.05. The van der Waals surface area contributed by atoms with Gasteiger partial charge in [0.2, 0.25) is 0 Å². The highest BCUT2D eigenvalue weighted by Gasteiger charge is 2.11. The number of fused-ring (bicyclic) bond motifs is 1. The van der Waals surface area contributed by atoms with Gasteiger partial charge < -0.3 is 10.3 Å². The minimum absolute atomic E-state index is 0.288. The summed E-state index contributed by atoms with van der Waals surface area (Å²) in [5.41, 5.74) is 2.32.